The second-order valence-corrected chi connectivity index (χ2v) is 6.81. The fourth-order valence-corrected chi connectivity index (χ4v) is 3.72. The minimum absolute atomic E-state index is 1.16. The average Bonchev–Trinajstić information content (AvgIpc) is 2.74. The molecule has 0 saturated heterocycles. The molecule has 0 nitrogen and oxygen atoms in total. The zero-order valence-electron chi connectivity index (χ0n) is 12.4. The molecule has 0 amide bonds. The molecule has 1 heteroatoms. The van der Waals surface area contributed by atoms with Crippen molar-refractivity contribution >= 4 is 15.9 Å². The summed E-state index contributed by atoms with van der Waals surface area (Å²) in [6.45, 7) is 0. The maximum atomic E-state index is 3.62. The van der Waals surface area contributed by atoms with Gasteiger partial charge < -0.3 is 0 Å². The number of aryl methyl sites for hydroxylation is 2. The van der Waals surface area contributed by atoms with E-state index in [0.717, 1.165) is 17.3 Å². The summed E-state index contributed by atoms with van der Waals surface area (Å²) in [6, 6.07) is 24.3. The molecular formula is C21H17Br. The fraction of sp³-hybridized carbons (Fsp3) is 0.143. The van der Waals surface area contributed by atoms with E-state index in [4.69, 9.17) is 0 Å². The lowest BCUT2D eigenvalue weighted by atomic mass is 9.93. The Balaban J connectivity index is 1.86. The van der Waals surface area contributed by atoms with Crippen LogP contribution < -0.4 is 0 Å². The van der Waals surface area contributed by atoms with Gasteiger partial charge in [-0.2, -0.15) is 0 Å². The highest BCUT2D eigenvalue weighted by Gasteiger charge is 2.15. The molecule has 0 radical (unpaired) electrons. The van der Waals surface area contributed by atoms with Gasteiger partial charge in [0.25, 0.3) is 0 Å². The van der Waals surface area contributed by atoms with Gasteiger partial charge in [0.05, 0.1) is 0 Å². The summed E-state index contributed by atoms with van der Waals surface area (Å²) in [4.78, 5) is 0. The second kappa shape index (κ2) is 5.73. The van der Waals surface area contributed by atoms with Gasteiger partial charge in [0, 0.05) is 4.47 Å². The van der Waals surface area contributed by atoms with Crippen LogP contribution in [0.5, 0.6) is 0 Å². The molecule has 0 bridgehead atoms. The van der Waals surface area contributed by atoms with Gasteiger partial charge in [0.2, 0.25) is 0 Å². The van der Waals surface area contributed by atoms with E-state index in [-0.39, 0.29) is 0 Å². The Kier molecular flexibility index (Phi) is 3.59. The van der Waals surface area contributed by atoms with Gasteiger partial charge in [-0.3, -0.25) is 0 Å². The molecule has 0 unspecified atom stereocenters. The van der Waals surface area contributed by atoms with Crippen LogP contribution in [0.15, 0.2) is 71.2 Å². The first-order valence-electron chi connectivity index (χ1n) is 7.78. The molecule has 0 heterocycles. The second-order valence-electron chi connectivity index (χ2n) is 5.89. The zero-order chi connectivity index (χ0) is 14.9. The Bertz CT molecular complexity index is 819. The van der Waals surface area contributed by atoms with Gasteiger partial charge in [-0.05, 0) is 64.8 Å². The van der Waals surface area contributed by atoms with Gasteiger partial charge in [0.15, 0.2) is 0 Å². The van der Waals surface area contributed by atoms with Crippen molar-refractivity contribution in [3.8, 4) is 22.3 Å². The minimum atomic E-state index is 1.16. The van der Waals surface area contributed by atoms with E-state index in [1.165, 1.54) is 39.8 Å². The van der Waals surface area contributed by atoms with Gasteiger partial charge in [-0.1, -0.05) is 70.5 Å². The van der Waals surface area contributed by atoms with E-state index < -0.39 is 0 Å². The van der Waals surface area contributed by atoms with Crippen molar-refractivity contribution in [1.82, 2.24) is 0 Å². The van der Waals surface area contributed by atoms with Crippen molar-refractivity contribution < 1.29 is 0 Å². The van der Waals surface area contributed by atoms with Crippen LogP contribution in [0.2, 0.25) is 0 Å². The molecule has 3 aromatic rings. The van der Waals surface area contributed by atoms with Crippen molar-refractivity contribution in [3.05, 3.63) is 82.3 Å². The van der Waals surface area contributed by atoms with E-state index >= 15 is 0 Å². The van der Waals surface area contributed by atoms with Gasteiger partial charge in [-0.15, -0.1) is 0 Å². The molecule has 0 N–H and O–H groups in total. The van der Waals surface area contributed by atoms with Crippen molar-refractivity contribution in [2.75, 3.05) is 0 Å². The third-order valence-corrected chi connectivity index (χ3v) is 4.96. The van der Waals surface area contributed by atoms with E-state index in [2.05, 4.69) is 82.7 Å². The lowest BCUT2D eigenvalue weighted by molar-refractivity contribution is 0.835. The monoisotopic (exact) mass is 348 g/mol. The molecular weight excluding hydrogens is 332 g/mol. The van der Waals surface area contributed by atoms with E-state index in [9.17, 15) is 0 Å². The molecule has 22 heavy (non-hydrogen) atoms. The molecule has 0 aliphatic heterocycles. The van der Waals surface area contributed by atoms with Crippen LogP contribution >= 0.6 is 15.9 Å². The van der Waals surface area contributed by atoms with Crippen molar-refractivity contribution in [2.45, 2.75) is 19.3 Å². The third-order valence-electron chi connectivity index (χ3n) is 4.47. The van der Waals surface area contributed by atoms with Crippen LogP contribution in [0.4, 0.5) is 0 Å². The standard InChI is InChI=1S/C21H17Br/c22-19-11-9-16-7-4-8-18-13-17(15-5-2-1-3-6-15)10-12-20(18)21(16)14-19/h1-3,5-6,9-14H,4,7-8H2. The van der Waals surface area contributed by atoms with Crippen LogP contribution in [0.25, 0.3) is 22.3 Å². The lowest BCUT2D eigenvalue weighted by Gasteiger charge is -2.12. The molecule has 4 rings (SSSR count). The molecule has 0 saturated carbocycles. The van der Waals surface area contributed by atoms with Crippen molar-refractivity contribution in [3.63, 3.8) is 0 Å². The number of hydrogen-bond acceptors (Lipinski definition) is 0. The Hall–Kier alpha value is -1.86. The maximum absolute atomic E-state index is 3.62. The fourth-order valence-electron chi connectivity index (χ4n) is 3.36. The predicted molar refractivity (Wildman–Crippen MR) is 97.0 cm³/mol. The Labute approximate surface area is 140 Å². The molecule has 1 aliphatic carbocycles. The summed E-state index contributed by atoms with van der Waals surface area (Å²) in [5.41, 5.74) is 8.34. The number of rotatable bonds is 1. The van der Waals surface area contributed by atoms with Crippen LogP contribution in [0, 0.1) is 0 Å². The minimum Gasteiger partial charge on any atom is -0.0622 e. The number of halogens is 1. The molecule has 0 aromatic heterocycles. The zero-order valence-corrected chi connectivity index (χ0v) is 13.9. The Morgan fingerprint density at radius 1 is 0.636 bits per heavy atom. The first-order valence-corrected chi connectivity index (χ1v) is 8.58. The highest BCUT2D eigenvalue weighted by molar-refractivity contribution is 9.10. The summed E-state index contributed by atoms with van der Waals surface area (Å²) in [6.07, 6.45) is 3.54. The Morgan fingerprint density at radius 2 is 1.45 bits per heavy atom. The summed E-state index contributed by atoms with van der Waals surface area (Å²) >= 11 is 3.62. The number of hydrogen-bond donors (Lipinski definition) is 0. The van der Waals surface area contributed by atoms with Gasteiger partial charge in [0.1, 0.15) is 0 Å². The molecule has 0 spiro atoms. The highest BCUT2D eigenvalue weighted by atomic mass is 79.9. The topological polar surface area (TPSA) is 0 Å². The average molecular weight is 349 g/mol. The van der Waals surface area contributed by atoms with Crippen LogP contribution in [0.1, 0.15) is 17.5 Å². The molecule has 108 valence electrons. The molecule has 3 aromatic carbocycles. The molecule has 1 aliphatic rings. The van der Waals surface area contributed by atoms with Crippen molar-refractivity contribution in [2.24, 2.45) is 0 Å². The smallest absolute Gasteiger partial charge is 0.0181 e. The third kappa shape index (κ3) is 2.50. The summed E-state index contributed by atoms with van der Waals surface area (Å²) in [7, 11) is 0. The summed E-state index contributed by atoms with van der Waals surface area (Å²) in [5, 5.41) is 0. The largest absolute Gasteiger partial charge is 0.0622 e. The molecule has 0 fully saturated rings. The van der Waals surface area contributed by atoms with E-state index in [1.807, 2.05) is 0 Å². The van der Waals surface area contributed by atoms with Crippen LogP contribution in [0.3, 0.4) is 0 Å². The van der Waals surface area contributed by atoms with Crippen LogP contribution in [-0.4, -0.2) is 0 Å². The SMILES string of the molecule is Brc1ccc2c(c1)-c1ccc(-c3ccccc3)cc1CCC2. The number of fused-ring (bicyclic) bond motifs is 3. The quantitative estimate of drug-likeness (QED) is 0.486. The molecule has 0 atom stereocenters. The van der Waals surface area contributed by atoms with Gasteiger partial charge in [-0.25, -0.2) is 0 Å². The van der Waals surface area contributed by atoms with Crippen molar-refractivity contribution in [1.29, 1.82) is 0 Å². The normalized spacial score (nSPS) is 13.1. The Morgan fingerprint density at radius 3 is 2.32 bits per heavy atom. The highest BCUT2D eigenvalue weighted by Crippen LogP contribution is 2.36. The summed E-state index contributed by atoms with van der Waals surface area (Å²) in [5.74, 6) is 0. The first-order chi connectivity index (χ1) is 10.8. The van der Waals surface area contributed by atoms with E-state index in [0.29, 0.717) is 0 Å². The predicted octanol–water partition coefficient (Wildman–Crippen LogP) is 6.27. The van der Waals surface area contributed by atoms with E-state index in [1.54, 1.807) is 0 Å². The first kappa shape index (κ1) is 13.8. The van der Waals surface area contributed by atoms with Crippen LogP contribution in [-0.2, 0) is 12.8 Å². The number of benzene rings is 3. The lowest BCUT2D eigenvalue weighted by Crippen LogP contribution is -1.89. The maximum Gasteiger partial charge on any atom is 0.0181 e. The summed E-state index contributed by atoms with van der Waals surface area (Å²) < 4.78 is 1.16. The van der Waals surface area contributed by atoms with Gasteiger partial charge >= 0.3 is 0 Å².